The summed E-state index contributed by atoms with van der Waals surface area (Å²) in [4.78, 5) is 18.2. The van der Waals surface area contributed by atoms with Crippen LogP contribution in [0, 0.1) is 0 Å². The van der Waals surface area contributed by atoms with Gasteiger partial charge in [0.05, 0.1) is 0 Å². The molecule has 134 valence electrons. The summed E-state index contributed by atoms with van der Waals surface area (Å²) in [7, 11) is 1.86. The van der Waals surface area contributed by atoms with Gasteiger partial charge in [-0.05, 0) is 54.5 Å². The van der Waals surface area contributed by atoms with Crippen molar-refractivity contribution in [2.45, 2.75) is 39.0 Å². The minimum absolute atomic E-state index is 0.195. The molecule has 2 heterocycles. The molecule has 0 unspecified atom stereocenters. The van der Waals surface area contributed by atoms with Gasteiger partial charge >= 0.3 is 0 Å². The molecular weight excluding hydrogens is 322 g/mol. The van der Waals surface area contributed by atoms with E-state index in [0.29, 0.717) is 6.42 Å². The number of nitrogens with one attached hydrogen (secondary N) is 1. The third kappa shape index (κ3) is 2.90. The van der Waals surface area contributed by atoms with E-state index in [1.165, 1.54) is 33.5 Å². The zero-order valence-corrected chi connectivity index (χ0v) is 15.5. The number of hydrogen-bond donors (Lipinski definition) is 1. The summed E-state index contributed by atoms with van der Waals surface area (Å²) in [5, 5.41) is 3.54. The highest BCUT2D eigenvalue weighted by molar-refractivity contribution is 5.96. The van der Waals surface area contributed by atoms with Crippen molar-refractivity contribution in [3.63, 3.8) is 0 Å². The van der Waals surface area contributed by atoms with Crippen molar-refractivity contribution in [1.29, 1.82) is 0 Å². The first-order chi connectivity index (χ1) is 12.7. The average molecular weight is 347 g/mol. The number of amides is 1. The van der Waals surface area contributed by atoms with Crippen LogP contribution < -0.4 is 10.2 Å². The van der Waals surface area contributed by atoms with Crippen LogP contribution in [0.25, 0.3) is 16.8 Å². The second kappa shape index (κ2) is 6.94. The summed E-state index contributed by atoms with van der Waals surface area (Å²) >= 11 is 0. The molecule has 0 saturated heterocycles. The largest absolute Gasteiger partial charge is 0.385 e. The molecule has 26 heavy (non-hydrogen) atoms. The second-order valence-corrected chi connectivity index (χ2v) is 7.09. The second-order valence-electron chi connectivity index (χ2n) is 7.09. The van der Waals surface area contributed by atoms with Crippen LogP contribution in [-0.4, -0.2) is 24.5 Å². The maximum atomic E-state index is 11.9. The summed E-state index contributed by atoms with van der Waals surface area (Å²) in [6.07, 6.45) is 10.9. The standard InChI is InChI=1S/C22H25N3O/c1-3-11-24-20-6-4-5-17-18(13-23-14-19(17)20)15-7-9-21-16(12-15)8-10-22(26)25(21)2/h6-7,9,12-14,24H,3-5,8,10-11H2,1-2H3. The zero-order valence-electron chi connectivity index (χ0n) is 15.5. The van der Waals surface area contributed by atoms with Gasteiger partial charge in [-0.25, -0.2) is 0 Å². The van der Waals surface area contributed by atoms with Crippen LogP contribution in [0.1, 0.15) is 42.9 Å². The van der Waals surface area contributed by atoms with E-state index >= 15 is 0 Å². The van der Waals surface area contributed by atoms with Crippen molar-refractivity contribution >= 4 is 17.3 Å². The van der Waals surface area contributed by atoms with Crippen LogP contribution in [0.4, 0.5) is 5.69 Å². The minimum atomic E-state index is 0.195. The normalized spacial score (nSPS) is 16.0. The fourth-order valence-electron chi connectivity index (χ4n) is 3.96. The molecule has 0 radical (unpaired) electrons. The number of anilines is 1. The molecule has 0 bridgehead atoms. The highest BCUT2D eigenvalue weighted by Gasteiger charge is 2.22. The van der Waals surface area contributed by atoms with Crippen molar-refractivity contribution < 1.29 is 4.79 Å². The monoisotopic (exact) mass is 347 g/mol. The van der Waals surface area contributed by atoms with Crippen LogP contribution in [0.5, 0.6) is 0 Å². The molecule has 0 fully saturated rings. The Morgan fingerprint density at radius 3 is 2.85 bits per heavy atom. The summed E-state index contributed by atoms with van der Waals surface area (Å²) < 4.78 is 0. The van der Waals surface area contributed by atoms with E-state index in [0.717, 1.165) is 37.9 Å². The third-order valence-corrected chi connectivity index (χ3v) is 5.39. The van der Waals surface area contributed by atoms with Gasteiger partial charge < -0.3 is 10.2 Å². The van der Waals surface area contributed by atoms with Gasteiger partial charge in [-0.2, -0.15) is 0 Å². The Hall–Kier alpha value is -2.62. The molecule has 1 aliphatic heterocycles. The first-order valence-corrected chi connectivity index (χ1v) is 9.50. The lowest BCUT2D eigenvalue weighted by molar-refractivity contribution is -0.118. The molecule has 1 aliphatic carbocycles. The van der Waals surface area contributed by atoms with E-state index < -0.39 is 0 Å². The van der Waals surface area contributed by atoms with Crippen LogP contribution in [-0.2, 0) is 17.6 Å². The minimum Gasteiger partial charge on any atom is -0.385 e. The Balaban J connectivity index is 1.74. The van der Waals surface area contributed by atoms with Crippen LogP contribution in [0.2, 0.25) is 0 Å². The molecule has 4 rings (SSSR count). The van der Waals surface area contributed by atoms with Gasteiger partial charge in [-0.1, -0.05) is 19.1 Å². The predicted molar refractivity (Wildman–Crippen MR) is 106 cm³/mol. The summed E-state index contributed by atoms with van der Waals surface area (Å²) in [6.45, 7) is 3.16. The molecule has 0 spiro atoms. The zero-order chi connectivity index (χ0) is 18.1. The Labute approximate surface area is 154 Å². The smallest absolute Gasteiger partial charge is 0.227 e. The van der Waals surface area contributed by atoms with Crippen LogP contribution >= 0.6 is 0 Å². The number of hydrogen-bond acceptors (Lipinski definition) is 3. The van der Waals surface area contributed by atoms with Gasteiger partial charge in [-0.15, -0.1) is 0 Å². The number of carbonyl (C=O) groups is 1. The van der Waals surface area contributed by atoms with Gasteiger partial charge in [0.1, 0.15) is 0 Å². The van der Waals surface area contributed by atoms with Crippen molar-refractivity contribution in [3.8, 4) is 11.1 Å². The highest BCUT2D eigenvalue weighted by Crippen LogP contribution is 2.36. The van der Waals surface area contributed by atoms with E-state index in [1.807, 2.05) is 19.4 Å². The molecule has 1 N–H and O–H groups in total. The quantitative estimate of drug-likeness (QED) is 0.911. The van der Waals surface area contributed by atoms with Gasteiger partial charge in [-0.3, -0.25) is 9.78 Å². The summed E-state index contributed by atoms with van der Waals surface area (Å²) in [6, 6.07) is 6.45. The molecule has 1 aromatic heterocycles. The van der Waals surface area contributed by atoms with Crippen molar-refractivity contribution in [3.05, 3.63) is 53.4 Å². The first-order valence-electron chi connectivity index (χ1n) is 9.50. The lowest BCUT2D eigenvalue weighted by Crippen LogP contribution is -2.31. The molecule has 0 atom stereocenters. The van der Waals surface area contributed by atoms with Gasteiger partial charge in [0.2, 0.25) is 5.91 Å². The number of carbonyl (C=O) groups excluding carboxylic acids is 1. The van der Waals surface area contributed by atoms with Crippen molar-refractivity contribution in [2.75, 3.05) is 18.5 Å². The van der Waals surface area contributed by atoms with Gasteiger partial charge in [0, 0.05) is 54.9 Å². The van der Waals surface area contributed by atoms with E-state index in [2.05, 4.69) is 41.5 Å². The Morgan fingerprint density at radius 2 is 2.00 bits per heavy atom. The number of aryl methyl sites for hydroxylation is 1. The first kappa shape index (κ1) is 16.8. The Bertz CT molecular complexity index is 885. The van der Waals surface area contributed by atoms with Crippen LogP contribution in [0.15, 0.2) is 36.7 Å². The number of allylic oxidation sites excluding steroid dienone is 1. The molecule has 2 aliphatic rings. The Morgan fingerprint density at radius 1 is 1.15 bits per heavy atom. The molecule has 0 saturated carbocycles. The van der Waals surface area contributed by atoms with E-state index in [1.54, 1.807) is 4.90 Å². The van der Waals surface area contributed by atoms with E-state index in [4.69, 9.17) is 0 Å². The van der Waals surface area contributed by atoms with E-state index in [-0.39, 0.29) is 5.91 Å². The predicted octanol–water partition coefficient (Wildman–Crippen LogP) is 3.94. The lowest BCUT2D eigenvalue weighted by Gasteiger charge is -2.27. The van der Waals surface area contributed by atoms with Crippen molar-refractivity contribution in [2.24, 2.45) is 0 Å². The summed E-state index contributed by atoms with van der Waals surface area (Å²) in [5.41, 5.74) is 8.52. The van der Waals surface area contributed by atoms with Gasteiger partial charge in [0.25, 0.3) is 0 Å². The average Bonchev–Trinajstić information content (AvgIpc) is 2.68. The topological polar surface area (TPSA) is 45.2 Å². The fourth-order valence-corrected chi connectivity index (χ4v) is 3.96. The number of aromatic nitrogens is 1. The molecule has 2 aromatic rings. The molecule has 4 heteroatoms. The molecule has 1 aromatic carbocycles. The maximum absolute atomic E-state index is 11.9. The van der Waals surface area contributed by atoms with Gasteiger partial charge in [0.15, 0.2) is 0 Å². The highest BCUT2D eigenvalue weighted by atomic mass is 16.2. The number of nitrogens with zero attached hydrogens (tertiary/aromatic N) is 2. The number of benzene rings is 1. The number of rotatable bonds is 4. The molecule has 4 nitrogen and oxygen atoms in total. The maximum Gasteiger partial charge on any atom is 0.227 e. The van der Waals surface area contributed by atoms with E-state index in [9.17, 15) is 4.79 Å². The van der Waals surface area contributed by atoms with Crippen molar-refractivity contribution in [1.82, 2.24) is 10.3 Å². The number of fused-ring (bicyclic) bond motifs is 2. The molecular formula is C22H25N3O. The Kier molecular flexibility index (Phi) is 4.49. The summed E-state index contributed by atoms with van der Waals surface area (Å²) in [5.74, 6) is 0.195. The SMILES string of the molecule is CCCNC1=CCCc2c1cncc2-c1ccc2c(c1)CCC(=O)N2C. The molecule has 1 amide bonds. The lowest BCUT2D eigenvalue weighted by atomic mass is 9.88. The van der Waals surface area contributed by atoms with Crippen LogP contribution in [0.3, 0.4) is 0 Å². The third-order valence-electron chi connectivity index (χ3n) is 5.39. The fraction of sp³-hybridized carbons (Fsp3) is 0.364. The number of pyridine rings is 1.